The number of carbonyl (C=O) groups is 1. The van der Waals surface area contributed by atoms with Crippen LogP contribution in [0.1, 0.15) is 33.6 Å². The molecule has 20 heavy (non-hydrogen) atoms. The number of nitrogens with one attached hydrogen (secondary N) is 1. The zero-order chi connectivity index (χ0) is 15.1. The number of carbonyl (C=O) groups excluding carboxylic acids is 1. The number of allylic oxidation sites excluding steroid dienone is 9. The standard InChI is InChI=1S/C18H27NO/c1-4-5-6-7-8-9-10-11-12-13-14-15-18(20)19-16-17(2)3/h6-15,17H,4-5,16H2,1-3H3,(H,19,20). The van der Waals surface area contributed by atoms with Crippen molar-refractivity contribution in [2.24, 2.45) is 5.92 Å². The second-order valence-corrected chi connectivity index (χ2v) is 4.87. The summed E-state index contributed by atoms with van der Waals surface area (Å²) in [5.74, 6) is 0.428. The topological polar surface area (TPSA) is 29.1 Å². The quantitative estimate of drug-likeness (QED) is 0.491. The third-order valence-corrected chi connectivity index (χ3v) is 2.30. The SMILES string of the molecule is CCCC=CC=CC=CC=CC=CC(=O)NCC(C)C. The van der Waals surface area contributed by atoms with E-state index < -0.39 is 0 Å². The zero-order valence-corrected chi connectivity index (χ0v) is 12.9. The van der Waals surface area contributed by atoms with Gasteiger partial charge in [0.2, 0.25) is 5.91 Å². The molecular formula is C18H27NO. The van der Waals surface area contributed by atoms with Gasteiger partial charge in [0.15, 0.2) is 0 Å². The van der Waals surface area contributed by atoms with E-state index >= 15 is 0 Å². The van der Waals surface area contributed by atoms with Crippen LogP contribution < -0.4 is 5.32 Å². The predicted molar refractivity (Wildman–Crippen MR) is 88.5 cm³/mol. The molecule has 0 aromatic heterocycles. The van der Waals surface area contributed by atoms with E-state index in [-0.39, 0.29) is 5.91 Å². The molecule has 0 saturated heterocycles. The first kappa shape index (κ1) is 18.2. The van der Waals surface area contributed by atoms with Gasteiger partial charge in [-0.15, -0.1) is 0 Å². The molecule has 1 N–H and O–H groups in total. The molecule has 0 spiro atoms. The van der Waals surface area contributed by atoms with Gasteiger partial charge in [-0.05, 0) is 12.3 Å². The Morgan fingerprint density at radius 1 is 0.950 bits per heavy atom. The van der Waals surface area contributed by atoms with Crippen molar-refractivity contribution in [1.82, 2.24) is 5.32 Å². The molecule has 110 valence electrons. The van der Waals surface area contributed by atoms with Crippen LogP contribution in [0.5, 0.6) is 0 Å². The fraction of sp³-hybridized carbons (Fsp3) is 0.389. The summed E-state index contributed by atoms with van der Waals surface area (Å²) in [6.07, 6.45) is 21.4. The Balaban J connectivity index is 3.82. The highest BCUT2D eigenvalue weighted by Crippen LogP contribution is 1.90. The molecule has 1 amide bonds. The highest BCUT2D eigenvalue weighted by Gasteiger charge is 1.95. The van der Waals surface area contributed by atoms with Gasteiger partial charge in [0.25, 0.3) is 0 Å². The van der Waals surface area contributed by atoms with Crippen molar-refractivity contribution in [3.63, 3.8) is 0 Å². The van der Waals surface area contributed by atoms with Gasteiger partial charge in [0, 0.05) is 12.6 Å². The molecule has 0 unspecified atom stereocenters. The van der Waals surface area contributed by atoms with E-state index in [9.17, 15) is 4.79 Å². The van der Waals surface area contributed by atoms with Gasteiger partial charge in [0.1, 0.15) is 0 Å². The first-order valence-corrected chi connectivity index (χ1v) is 7.27. The molecule has 0 aliphatic rings. The van der Waals surface area contributed by atoms with Crippen LogP contribution in [0.25, 0.3) is 0 Å². The summed E-state index contributed by atoms with van der Waals surface area (Å²) in [6.45, 7) is 7.01. The molecule has 0 atom stereocenters. The lowest BCUT2D eigenvalue weighted by atomic mass is 10.2. The summed E-state index contributed by atoms with van der Waals surface area (Å²) >= 11 is 0. The maximum atomic E-state index is 11.3. The maximum absolute atomic E-state index is 11.3. The van der Waals surface area contributed by atoms with Crippen LogP contribution in [0, 0.1) is 5.92 Å². The molecule has 0 radical (unpaired) electrons. The van der Waals surface area contributed by atoms with E-state index in [1.807, 2.05) is 36.5 Å². The van der Waals surface area contributed by atoms with Crippen LogP contribution >= 0.6 is 0 Å². The minimum absolute atomic E-state index is 0.0479. The summed E-state index contributed by atoms with van der Waals surface area (Å²) in [7, 11) is 0. The van der Waals surface area contributed by atoms with Gasteiger partial charge in [0.05, 0.1) is 0 Å². The minimum Gasteiger partial charge on any atom is -0.352 e. The molecule has 2 heteroatoms. The average Bonchev–Trinajstić information content (AvgIpc) is 2.42. The Kier molecular flexibility index (Phi) is 12.4. The lowest BCUT2D eigenvalue weighted by Gasteiger charge is -2.03. The van der Waals surface area contributed by atoms with E-state index in [1.165, 1.54) is 12.5 Å². The van der Waals surface area contributed by atoms with Crippen LogP contribution in [0.15, 0.2) is 60.8 Å². The smallest absolute Gasteiger partial charge is 0.243 e. The van der Waals surface area contributed by atoms with Crippen LogP contribution in [0.3, 0.4) is 0 Å². The number of unbranched alkanes of at least 4 members (excludes halogenated alkanes) is 1. The molecule has 2 nitrogen and oxygen atoms in total. The van der Waals surface area contributed by atoms with Crippen molar-refractivity contribution in [1.29, 1.82) is 0 Å². The number of hydrogen-bond donors (Lipinski definition) is 1. The summed E-state index contributed by atoms with van der Waals surface area (Å²) in [5, 5.41) is 2.82. The fourth-order valence-electron chi connectivity index (χ4n) is 1.23. The van der Waals surface area contributed by atoms with Crippen molar-refractivity contribution in [2.75, 3.05) is 6.54 Å². The molecule has 0 aliphatic carbocycles. The molecule has 0 fully saturated rings. The van der Waals surface area contributed by atoms with Crippen LogP contribution in [0.2, 0.25) is 0 Å². The third kappa shape index (κ3) is 14.2. The molecule has 0 aliphatic heterocycles. The van der Waals surface area contributed by atoms with Gasteiger partial charge < -0.3 is 5.32 Å². The Bertz CT molecular complexity index is 384. The van der Waals surface area contributed by atoms with Crippen LogP contribution in [-0.2, 0) is 4.79 Å². The summed E-state index contributed by atoms with van der Waals surface area (Å²) in [6, 6.07) is 0. The highest BCUT2D eigenvalue weighted by molar-refractivity contribution is 5.87. The van der Waals surface area contributed by atoms with Gasteiger partial charge in [-0.1, -0.05) is 81.9 Å². The molecular weight excluding hydrogens is 246 g/mol. The molecule has 0 heterocycles. The van der Waals surface area contributed by atoms with Crippen LogP contribution in [-0.4, -0.2) is 12.5 Å². The largest absolute Gasteiger partial charge is 0.352 e. The summed E-state index contributed by atoms with van der Waals surface area (Å²) < 4.78 is 0. The number of rotatable bonds is 9. The molecule has 0 aromatic rings. The van der Waals surface area contributed by atoms with Crippen molar-refractivity contribution >= 4 is 5.91 Å². The fourth-order valence-corrected chi connectivity index (χ4v) is 1.23. The number of hydrogen-bond acceptors (Lipinski definition) is 1. The van der Waals surface area contributed by atoms with E-state index in [0.717, 1.165) is 6.42 Å². The Morgan fingerprint density at radius 3 is 2.05 bits per heavy atom. The lowest BCUT2D eigenvalue weighted by Crippen LogP contribution is -2.25. The van der Waals surface area contributed by atoms with E-state index in [4.69, 9.17) is 0 Å². The Morgan fingerprint density at radius 2 is 1.50 bits per heavy atom. The number of amides is 1. The van der Waals surface area contributed by atoms with Gasteiger partial charge in [-0.25, -0.2) is 0 Å². The predicted octanol–water partition coefficient (Wildman–Crippen LogP) is 4.34. The molecule has 0 bridgehead atoms. The second kappa shape index (κ2) is 13.6. The normalized spacial score (nSPS) is 13.0. The Labute approximate surface area is 123 Å². The van der Waals surface area contributed by atoms with E-state index in [2.05, 4.69) is 38.2 Å². The van der Waals surface area contributed by atoms with Crippen molar-refractivity contribution in [3.8, 4) is 0 Å². The second-order valence-electron chi connectivity index (χ2n) is 4.87. The summed E-state index contributed by atoms with van der Waals surface area (Å²) in [5.41, 5.74) is 0. The minimum atomic E-state index is -0.0479. The van der Waals surface area contributed by atoms with Gasteiger partial charge in [-0.2, -0.15) is 0 Å². The van der Waals surface area contributed by atoms with Crippen LogP contribution in [0.4, 0.5) is 0 Å². The van der Waals surface area contributed by atoms with E-state index in [0.29, 0.717) is 12.5 Å². The zero-order valence-electron chi connectivity index (χ0n) is 12.9. The molecule has 0 aromatic carbocycles. The van der Waals surface area contributed by atoms with E-state index in [1.54, 1.807) is 6.08 Å². The van der Waals surface area contributed by atoms with Crippen molar-refractivity contribution < 1.29 is 4.79 Å². The summed E-state index contributed by atoms with van der Waals surface area (Å²) in [4.78, 5) is 11.3. The average molecular weight is 273 g/mol. The molecule has 0 saturated carbocycles. The first-order valence-electron chi connectivity index (χ1n) is 7.27. The highest BCUT2D eigenvalue weighted by atomic mass is 16.1. The monoisotopic (exact) mass is 273 g/mol. The van der Waals surface area contributed by atoms with Gasteiger partial charge in [-0.3, -0.25) is 4.79 Å². The Hall–Kier alpha value is -1.83. The lowest BCUT2D eigenvalue weighted by molar-refractivity contribution is -0.116. The third-order valence-electron chi connectivity index (χ3n) is 2.30. The maximum Gasteiger partial charge on any atom is 0.243 e. The van der Waals surface area contributed by atoms with Crippen molar-refractivity contribution in [2.45, 2.75) is 33.6 Å². The van der Waals surface area contributed by atoms with Gasteiger partial charge >= 0.3 is 0 Å². The molecule has 0 rings (SSSR count). The first-order chi connectivity index (χ1) is 9.66. The van der Waals surface area contributed by atoms with Crippen molar-refractivity contribution in [3.05, 3.63) is 60.8 Å².